The van der Waals surface area contributed by atoms with Crippen LogP contribution in [-0.4, -0.2) is 13.7 Å². The van der Waals surface area contributed by atoms with E-state index < -0.39 is 0 Å². The summed E-state index contributed by atoms with van der Waals surface area (Å²) in [5.74, 6) is 0. The van der Waals surface area contributed by atoms with E-state index in [1.807, 2.05) is 27.3 Å². The molecule has 2 aromatic carbocycles. The molecule has 0 saturated heterocycles. The van der Waals surface area contributed by atoms with Crippen molar-refractivity contribution >= 4 is 27.6 Å². The average molecular weight is 362 g/mol. The summed E-state index contributed by atoms with van der Waals surface area (Å²) < 4.78 is 5.88. The zero-order valence-corrected chi connectivity index (χ0v) is 16.2. The van der Waals surface area contributed by atoms with Gasteiger partial charge in [0.25, 0.3) is 0 Å². The van der Waals surface area contributed by atoms with Crippen molar-refractivity contribution in [3.63, 3.8) is 0 Å². The van der Waals surface area contributed by atoms with Gasteiger partial charge in [-0.2, -0.15) is 0 Å². The molecule has 0 aliphatic rings. The molecule has 2 N–H and O–H groups in total. The zero-order valence-electron chi connectivity index (χ0n) is 16.2. The van der Waals surface area contributed by atoms with Crippen LogP contribution in [0.4, 0.5) is 5.69 Å². The maximum Gasteiger partial charge on any atom is 0.329 e. The van der Waals surface area contributed by atoms with Gasteiger partial charge in [0.05, 0.1) is 17.6 Å². The summed E-state index contributed by atoms with van der Waals surface area (Å²) in [6.07, 6.45) is 4.15. The summed E-state index contributed by atoms with van der Waals surface area (Å²) in [6, 6.07) is 12.1. The predicted octanol–water partition coefficient (Wildman–Crippen LogP) is 4.03. The Bertz CT molecular complexity index is 1190. The van der Waals surface area contributed by atoms with Gasteiger partial charge in [-0.1, -0.05) is 25.5 Å². The monoisotopic (exact) mass is 362 g/mol. The predicted molar refractivity (Wildman–Crippen MR) is 112 cm³/mol. The van der Waals surface area contributed by atoms with E-state index in [9.17, 15) is 4.79 Å². The van der Waals surface area contributed by atoms with E-state index in [1.165, 1.54) is 22.0 Å². The van der Waals surface area contributed by atoms with E-state index in [-0.39, 0.29) is 5.69 Å². The first-order valence-corrected chi connectivity index (χ1v) is 9.53. The zero-order chi connectivity index (χ0) is 19.1. The van der Waals surface area contributed by atoms with Gasteiger partial charge in [-0.05, 0) is 48.7 Å². The van der Waals surface area contributed by atoms with Crippen molar-refractivity contribution in [2.75, 3.05) is 5.73 Å². The minimum Gasteiger partial charge on any atom is -0.399 e. The van der Waals surface area contributed by atoms with Crippen molar-refractivity contribution < 1.29 is 0 Å². The first-order chi connectivity index (χ1) is 13.0. The molecule has 5 nitrogen and oxygen atoms in total. The molecule has 0 bridgehead atoms. The van der Waals surface area contributed by atoms with Crippen LogP contribution in [0.15, 0.2) is 47.4 Å². The van der Waals surface area contributed by atoms with Crippen molar-refractivity contribution in [2.45, 2.75) is 39.8 Å². The maximum atomic E-state index is 13.2. The van der Waals surface area contributed by atoms with E-state index in [0.717, 1.165) is 30.4 Å². The number of aryl methyl sites for hydroxylation is 3. The SMILES string of the molecule is CCCCn1c(=O)n(Cc2cn(C)c3cccc(C)c23)c2ccc(N)cc21. The molecule has 0 atom stereocenters. The first-order valence-electron chi connectivity index (χ1n) is 9.53. The van der Waals surface area contributed by atoms with Gasteiger partial charge >= 0.3 is 5.69 Å². The molecule has 0 unspecified atom stereocenters. The van der Waals surface area contributed by atoms with Crippen LogP contribution in [-0.2, 0) is 20.1 Å². The third kappa shape index (κ3) is 2.83. The van der Waals surface area contributed by atoms with Crippen LogP contribution < -0.4 is 11.4 Å². The molecular formula is C22H26N4O. The Kier molecular flexibility index (Phi) is 4.30. The Balaban J connectivity index is 1.91. The normalized spacial score (nSPS) is 11.7. The van der Waals surface area contributed by atoms with Crippen molar-refractivity contribution in [3.05, 3.63) is 64.2 Å². The minimum atomic E-state index is 0.0367. The fourth-order valence-electron chi connectivity index (χ4n) is 4.04. The van der Waals surface area contributed by atoms with Crippen molar-refractivity contribution in [2.24, 2.45) is 7.05 Å². The van der Waals surface area contributed by atoms with Crippen molar-refractivity contribution in [1.29, 1.82) is 0 Å². The summed E-state index contributed by atoms with van der Waals surface area (Å²) in [4.78, 5) is 13.2. The summed E-state index contributed by atoms with van der Waals surface area (Å²) in [5.41, 5.74) is 12.2. The number of fused-ring (bicyclic) bond motifs is 2. The molecular weight excluding hydrogens is 336 g/mol. The number of benzene rings is 2. The molecule has 0 fully saturated rings. The number of rotatable bonds is 5. The minimum absolute atomic E-state index is 0.0367. The molecule has 2 heterocycles. The second kappa shape index (κ2) is 6.65. The lowest BCUT2D eigenvalue weighted by molar-refractivity contribution is 0.606. The first kappa shape index (κ1) is 17.5. The quantitative estimate of drug-likeness (QED) is 0.545. The Hall–Kier alpha value is -2.95. The number of hydrogen-bond acceptors (Lipinski definition) is 2. The van der Waals surface area contributed by atoms with E-state index in [2.05, 4.69) is 49.9 Å². The van der Waals surface area contributed by atoms with Crippen molar-refractivity contribution in [1.82, 2.24) is 13.7 Å². The standard InChI is InChI=1S/C22H26N4O/c1-4-5-11-25-20-12-17(23)9-10-18(20)26(22(25)27)14-16-13-24(3)19-8-6-7-15(2)21(16)19/h6-10,12-13H,4-5,11,14,23H2,1-3H3. The number of aromatic nitrogens is 3. The van der Waals surface area contributed by atoms with Crippen LogP contribution in [0.1, 0.15) is 30.9 Å². The fraction of sp³-hybridized carbons (Fsp3) is 0.318. The highest BCUT2D eigenvalue weighted by molar-refractivity contribution is 5.87. The van der Waals surface area contributed by atoms with E-state index in [0.29, 0.717) is 12.2 Å². The van der Waals surface area contributed by atoms with Gasteiger partial charge in [0.2, 0.25) is 0 Å². The third-order valence-electron chi connectivity index (χ3n) is 5.41. The molecule has 140 valence electrons. The lowest BCUT2D eigenvalue weighted by Crippen LogP contribution is -2.24. The Morgan fingerprint density at radius 2 is 1.85 bits per heavy atom. The second-order valence-corrected chi connectivity index (χ2v) is 7.36. The van der Waals surface area contributed by atoms with Crippen LogP contribution in [0.3, 0.4) is 0 Å². The van der Waals surface area contributed by atoms with Crippen LogP contribution >= 0.6 is 0 Å². The highest BCUT2D eigenvalue weighted by atomic mass is 16.1. The fourth-order valence-corrected chi connectivity index (χ4v) is 4.04. The number of anilines is 1. The number of unbranched alkanes of at least 4 members (excludes halogenated alkanes) is 1. The molecule has 0 aliphatic carbocycles. The molecule has 0 aliphatic heterocycles. The topological polar surface area (TPSA) is 57.9 Å². The smallest absolute Gasteiger partial charge is 0.329 e. The molecule has 0 saturated carbocycles. The summed E-state index contributed by atoms with van der Waals surface area (Å²) in [6.45, 7) is 5.54. The molecule has 0 spiro atoms. The van der Waals surface area contributed by atoms with Gasteiger partial charge in [0.1, 0.15) is 0 Å². The van der Waals surface area contributed by atoms with Gasteiger partial charge < -0.3 is 10.3 Å². The number of nitrogens with zero attached hydrogens (tertiary/aromatic N) is 3. The van der Waals surface area contributed by atoms with Crippen LogP contribution in [0.2, 0.25) is 0 Å². The third-order valence-corrected chi connectivity index (χ3v) is 5.41. The molecule has 5 heteroatoms. The average Bonchev–Trinajstić information content (AvgIpc) is 3.09. The van der Waals surface area contributed by atoms with E-state index >= 15 is 0 Å². The Morgan fingerprint density at radius 1 is 1.04 bits per heavy atom. The number of imidazole rings is 1. The van der Waals surface area contributed by atoms with Gasteiger partial charge in [-0.25, -0.2) is 4.79 Å². The molecule has 4 rings (SSSR count). The van der Waals surface area contributed by atoms with Gasteiger partial charge in [0.15, 0.2) is 0 Å². The Labute approximate surface area is 158 Å². The lowest BCUT2D eigenvalue weighted by Gasteiger charge is -2.04. The molecule has 0 radical (unpaired) electrons. The van der Waals surface area contributed by atoms with Gasteiger partial charge in [-0.15, -0.1) is 0 Å². The summed E-state index contributed by atoms with van der Waals surface area (Å²) in [7, 11) is 2.05. The molecule has 27 heavy (non-hydrogen) atoms. The number of nitrogen functional groups attached to an aromatic ring is 1. The van der Waals surface area contributed by atoms with Crippen molar-refractivity contribution in [3.8, 4) is 0 Å². The van der Waals surface area contributed by atoms with E-state index in [1.54, 1.807) is 0 Å². The Morgan fingerprint density at radius 3 is 2.63 bits per heavy atom. The maximum absolute atomic E-state index is 13.2. The van der Waals surface area contributed by atoms with E-state index in [4.69, 9.17) is 5.73 Å². The highest BCUT2D eigenvalue weighted by Gasteiger charge is 2.16. The second-order valence-electron chi connectivity index (χ2n) is 7.36. The molecule has 0 amide bonds. The largest absolute Gasteiger partial charge is 0.399 e. The van der Waals surface area contributed by atoms with Crippen LogP contribution in [0.5, 0.6) is 0 Å². The highest BCUT2D eigenvalue weighted by Crippen LogP contribution is 2.26. The van der Waals surface area contributed by atoms with Gasteiger partial charge in [0, 0.05) is 36.4 Å². The number of nitrogens with two attached hydrogens (primary N) is 1. The summed E-state index contributed by atoms with van der Waals surface area (Å²) in [5, 5.41) is 1.23. The summed E-state index contributed by atoms with van der Waals surface area (Å²) >= 11 is 0. The van der Waals surface area contributed by atoms with Crippen LogP contribution in [0, 0.1) is 6.92 Å². The molecule has 2 aromatic heterocycles. The molecule has 4 aromatic rings. The lowest BCUT2D eigenvalue weighted by atomic mass is 10.1. The van der Waals surface area contributed by atoms with Crippen LogP contribution in [0.25, 0.3) is 21.9 Å². The number of hydrogen-bond donors (Lipinski definition) is 1. The van der Waals surface area contributed by atoms with Gasteiger partial charge in [-0.3, -0.25) is 9.13 Å².